The van der Waals surface area contributed by atoms with E-state index >= 15 is 0 Å². The molecule has 4 rings (SSSR count). The van der Waals surface area contributed by atoms with E-state index in [2.05, 4.69) is 16.0 Å². The van der Waals surface area contributed by atoms with Crippen LogP contribution in [-0.2, 0) is 17.5 Å². The number of amides is 1. The summed E-state index contributed by atoms with van der Waals surface area (Å²) in [5.74, 6) is -1.44. The maximum atomic E-state index is 14.9. The second kappa shape index (κ2) is 10.1. The second-order valence-electron chi connectivity index (χ2n) is 8.08. The molecule has 0 aliphatic rings. The van der Waals surface area contributed by atoms with Gasteiger partial charge in [0.2, 0.25) is 5.91 Å². The lowest BCUT2D eigenvalue weighted by Crippen LogP contribution is -2.27. The van der Waals surface area contributed by atoms with Gasteiger partial charge in [-0.05, 0) is 53.9 Å². The van der Waals surface area contributed by atoms with Gasteiger partial charge in [-0.3, -0.25) is 9.59 Å². The van der Waals surface area contributed by atoms with E-state index in [-0.39, 0.29) is 16.8 Å². The standard InChI is InChI=1S/C26H21F4N5O2/c1-32-21-8-6-19(11-16(21)13-31)34-24-20(27)7-5-15-9-10-35(25(37)23(15)24)14-22(36)33-18-4-2-3-17(12-18)26(28,29)30/h2-13,31-32,34H,14H2,1H3,(H,33,36). The minimum Gasteiger partial charge on any atom is -0.388 e. The quantitative estimate of drug-likeness (QED) is 0.192. The third-order valence-corrected chi connectivity index (χ3v) is 5.63. The number of alkyl halides is 3. The Morgan fingerprint density at radius 3 is 2.54 bits per heavy atom. The van der Waals surface area contributed by atoms with Crippen LogP contribution in [-0.4, -0.2) is 23.7 Å². The van der Waals surface area contributed by atoms with Crippen molar-refractivity contribution >= 4 is 45.6 Å². The van der Waals surface area contributed by atoms with Gasteiger partial charge in [0.1, 0.15) is 12.4 Å². The zero-order chi connectivity index (χ0) is 26.7. The van der Waals surface area contributed by atoms with Gasteiger partial charge < -0.3 is 25.9 Å². The molecular formula is C26H21F4N5O2. The Morgan fingerprint density at radius 1 is 1.05 bits per heavy atom. The number of anilines is 4. The number of carbonyl (C=O) groups excluding carboxylic acids is 1. The van der Waals surface area contributed by atoms with Crippen molar-refractivity contribution in [1.82, 2.24) is 4.57 Å². The highest BCUT2D eigenvalue weighted by Gasteiger charge is 2.30. The van der Waals surface area contributed by atoms with Gasteiger partial charge in [-0.15, -0.1) is 0 Å². The lowest BCUT2D eigenvalue weighted by atomic mass is 10.1. The molecule has 3 aromatic carbocycles. The molecule has 0 spiro atoms. The molecule has 4 aromatic rings. The first-order valence-corrected chi connectivity index (χ1v) is 11.0. The Labute approximate surface area is 208 Å². The van der Waals surface area contributed by atoms with Crippen molar-refractivity contribution in [3.8, 4) is 0 Å². The third kappa shape index (κ3) is 5.45. The zero-order valence-corrected chi connectivity index (χ0v) is 19.4. The Bertz CT molecular complexity index is 1560. The molecule has 0 radical (unpaired) electrons. The van der Waals surface area contributed by atoms with Crippen molar-refractivity contribution in [3.05, 3.63) is 94.2 Å². The lowest BCUT2D eigenvalue weighted by molar-refractivity contribution is -0.137. The highest BCUT2D eigenvalue weighted by atomic mass is 19.4. The summed E-state index contributed by atoms with van der Waals surface area (Å²) in [4.78, 5) is 25.8. The van der Waals surface area contributed by atoms with Gasteiger partial charge in [0.15, 0.2) is 0 Å². The van der Waals surface area contributed by atoms with Crippen LogP contribution in [0.25, 0.3) is 10.8 Å². The van der Waals surface area contributed by atoms with Gasteiger partial charge in [-0.2, -0.15) is 13.2 Å². The number of hydrogen-bond donors (Lipinski definition) is 4. The fourth-order valence-corrected chi connectivity index (χ4v) is 3.85. The predicted octanol–water partition coefficient (Wildman–Crippen LogP) is 5.58. The van der Waals surface area contributed by atoms with Crippen molar-refractivity contribution < 1.29 is 22.4 Å². The van der Waals surface area contributed by atoms with E-state index < -0.39 is 35.6 Å². The van der Waals surface area contributed by atoms with Crippen molar-refractivity contribution in [2.24, 2.45) is 0 Å². The van der Waals surface area contributed by atoms with Gasteiger partial charge in [0.25, 0.3) is 5.56 Å². The molecule has 0 fully saturated rings. The van der Waals surface area contributed by atoms with Gasteiger partial charge in [-0.25, -0.2) is 4.39 Å². The molecule has 7 nitrogen and oxygen atoms in total. The summed E-state index contributed by atoms with van der Waals surface area (Å²) >= 11 is 0. The van der Waals surface area contributed by atoms with Crippen LogP contribution in [0.3, 0.4) is 0 Å². The summed E-state index contributed by atoms with van der Waals surface area (Å²) < 4.78 is 54.8. The Hall–Kier alpha value is -4.67. The van der Waals surface area contributed by atoms with Crippen LogP contribution in [0.1, 0.15) is 11.1 Å². The highest BCUT2D eigenvalue weighted by Crippen LogP contribution is 2.31. The first-order chi connectivity index (χ1) is 17.6. The van der Waals surface area contributed by atoms with Gasteiger partial charge in [0.05, 0.1) is 16.6 Å². The molecule has 0 aliphatic heterocycles. The zero-order valence-electron chi connectivity index (χ0n) is 19.4. The molecular weight excluding hydrogens is 490 g/mol. The Balaban J connectivity index is 1.66. The second-order valence-corrected chi connectivity index (χ2v) is 8.08. The predicted molar refractivity (Wildman–Crippen MR) is 135 cm³/mol. The molecule has 0 atom stereocenters. The van der Waals surface area contributed by atoms with Crippen LogP contribution in [0.4, 0.5) is 40.3 Å². The molecule has 0 bridgehead atoms. The SMILES string of the molecule is CNc1ccc(Nc2c(F)ccc3ccn(CC(=O)Nc4cccc(C(F)(F)F)c4)c(=O)c23)cc1C=N. The molecule has 11 heteroatoms. The van der Waals surface area contributed by atoms with Gasteiger partial charge in [-0.1, -0.05) is 12.1 Å². The van der Waals surface area contributed by atoms with E-state index in [1.165, 1.54) is 30.5 Å². The van der Waals surface area contributed by atoms with Gasteiger partial charge >= 0.3 is 6.18 Å². The number of pyridine rings is 1. The summed E-state index contributed by atoms with van der Waals surface area (Å²) in [5.41, 5.74) is -0.116. The molecule has 1 amide bonds. The molecule has 0 saturated carbocycles. The van der Waals surface area contributed by atoms with Crippen molar-refractivity contribution in [1.29, 1.82) is 5.41 Å². The number of hydrogen-bond acceptors (Lipinski definition) is 5. The lowest BCUT2D eigenvalue weighted by Gasteiger charge is -2.15. The van der Waals surface area contributed by atoms with E-state index in [9.17, 15) is 27.2 Å². The summed E-state index contributed by atoms with van der Waals surface area (Å²) in [5, 5.41) is 16.2. The summed E-state index contributed by atoms with van der Waals surface area (Å²) in [6.45, 7) is -0.504. The van der Waals surface area contributed by atoms with Gasteiger partial charge in [0, 0.05) is 42.1 Å². The fourth-order valence-electron chi connectivity index (χ4n) is 3.85. The fraction of sp³-hybridized carbons (Fsp3) is 0.115. The normalized spacial score (nSPS) is 11.3. The average Bonchev–Trinajstić information content (AvgIpc) is 2.86. The Morgan fingerprint density at radius 2 is 1.84 bits per heavy atom. The number of benzene rings is 3. The maximum Gasteiger partial charge on any atom is 0.416 e. The molecule has 4 N–H and O–H groups in total. The van der Waals surface area contributed by atoms with Crippen LogP contribution >= 0.6 is 0 Å². The molecule has 190 valence electrons. The number of nitrogens with one attached hydrogen (secondary N) is 4. The van der Waals surface area contributed by atoms with Crippen molar-refractivity contribution in [3.63, 3.8) is 0 Å². The molecule has 0 aliphatic carbocycles. The number of rotatable bonds is 7. The highest BCUT2D eigenvalue weighted by molar-refractivity contribution is 5.96. The summed E-state index contributed by atoms with van der Waals surface area (Å²) in [6.07, 6.45) is -2.09. The molecule has 1 aromatic heterocycles. The van der Waals surface area contributed by atoms with Crippen LogP contribution in [0.15, 0.2) is 71.7 Å². The summed E-state index contributed by atoms with van der Waals surface area (Å²) in [6, 6.07) is 13.3. The largest absolute Gasteiger partial charge is 0.416 e. The van der Waals surface area contributed by atoms with Crippen LogP contribution < -0.4 is 21.5 Å². The van der Waals surface area contributed by atoms with E-state index in [0.29, 0.717) is 22.3 Å². The van der Waals surface area contributed by atoms with E-state index in [1.807, 2.05) is 0 Å². The van der Waals surface area contributed by atoms with E-state index in [0.717, 1.165) is 29.0 Å². The smallest absolute Gasteiger partial charge is 0.388 e. The maximum absolute atomic E-state index is 14.9. The number of halogens is 4. The van der Waals surface area contributed by atoms with Crippen molar-refractivity contribution in [2.45, 2.75) is 12.7 Å². The number of nitrogens with zero attached hydrogens (tertiary/aromatic N) is 1. The minimum absolute atomic E-state index is 0.0107. The number of carbonyl (C=O) groups is 1. The average molecular weight is 511 g/mol. The van der Waals surface area contributed by atoms with Crippen LogP contribution in [0.5, 0.6) is 0 Å². The first-order valence-electron chi connectivity index (χ1n) is 11.0. The topological polar surface area (TPSA) is 99.0 Å². The van der Waals surface area contributed by atoms with Crippen LogP contribution in [0.2, 0.25) is 0 Å². The monoisotopic (exact) mass is 511 g/mol. The van der Waals surface area contributed by atoms with E-state index in [4.69, 9.17) is 5.41 Å². The molecule has 0 unspecified atom stereocenters. The molecule has 37 heavy (non-hydrogen) atoms. The minimum atomic E-state index is -4.57. The number of aromatic nitrogens is 1. The number of fused-ring (bicyclic) bond motifs is 1. The van der Waals surface area contributed by atoms with Crippen molar-refractivity contribution in [2.75, 3.05) is 23.0 Å². The van der Waals surface area contributed by atoms with E-state index in [1.54, 1.807) is 25.2 Å². The summed E-state index contributed by atoms with van der Waals surface area (Å²) in [7, 11) is 1.70. The Kier molecular flexibility index (Phi) is 6.96. The van der Waals surface area contributed by atoms with Crippen LogP contribution in [0, 0.1) is 11.2 Å². The molecule has 0 saturated heterocycles. The molecule has 1 heterocycles. The third-order valence-electron chi connectivity index (χ3n) is 5.63. The first kappa shape index (κ1) is 25.4.